The van der Waals surface area contributed by atoms with E-state index in [1.54, 1.807) is 6.21 Å². The van der Waals surface area contributed by atoms with Crippen LogP contribution in [0.15, 0.2) is 24.3 Å². The molecule has 1 aromatic rings. The fraction of sp³-hybridized carbons (Fsp3) is 0.462. The molecule has 1 rings (SSSR count). The molecule has 0 saturated heterocycles. The van der Waals surface area contributed by atoms with E-state index >= 15 is 0 Å². The topological polar surface area (TPSA) is 29.3 Å². The van der Waals surface area contributed by atoms with E-state index in [9.17, 15) is 5.21 Å². The van der Waals surface area contributed by atoms with E-state index < -0.39 is 5.54 Å². The van der Waals surface area contributed by atoms with Crippen molar-refractivity contribution in [2.75, 3.05) is 19.0 Å². The van der Waals surface area contributed by atoms with Crippen molar-refractivity contribution in [1.29, 1.82) is 0 Å². The highest BCUT2D eigenvalue weighted by Crippen LogP contribution is 2.16. The molecule has 1 aromatic carbocycles. The Hall–Kier alpha value is -1.51. The second-order valence-corrected chi connectivity index (χ2v) is 5.08. The molecule has 0 spiro atoms. The highest BCUT2D eigenvalue weighted by molar-refractivity contribution is 5.85. The van der Waals surface area contributed by atoms with Gasteiger partial charge in [0.05, 0.1) is 5.56 Å². The molecular weight excluding hydrogens is 200 g/mol. The number of hydrogen-bond donors (Lipinski definition) is 0. The summed E-state index contributed by atoms with van der Waals surface area (Å²) in [5.41, 5.74) is 1.59. The minimum absolute atomic E-state index is 0.403. The zero-order valence-corrected chi connectivity index (χ0v) is 10.7. The number of para-hydroxylation sites is 1. The molecule has 0 heterocycles. The van der Waals surface area contributed by atoms with E-state index in [4.69, 9.17) is 0 Å². The van der Waals surface area contributed by atoms with Crippen molar-refractivity contribution in [3.05, 3.63) is 35.0 Å². The monoisotopic (exact) mass is 220 g/mol. The van der Waals surface area contributed by atoms with Crippen molar-refractivity contribution in [2.45, 2.75) is 26.3 Å². The van der Waals surface area contributed by atoms with Gasteiger partial charge in [-0.1, -0.05) is 12.1 Å². The van der Waals surface area contributed by atoms with Crippen LogP contribution in [0.5, 0.6) is 0 Å². The number of nitrogens with zero attached hydrogens (tertiary/aromatic N) is 2. The summed E-state index contributed by atoms with van der Waals surface area (Å²) in [5, 5.41) is 11.9. The zero-order valence-electron chi connectivity index (χ0n) is 10.7. The Bertz CT molecular complexity index is 389. The lowest BCUT2D eigenvalue weighted by Gasteiger charge is -2.20. The van der Waals surface area contributed by atoms with Gasteiger partial charge in [-0.3, -0.25) is 0 Å². The molecule has 0 amide bonds. The molecule has 0 fully saturated rings. The quantitative estimate of drug-likeness (QED) is 0.331. The Morgan fingerprint density at radius 3 is 2.25 bits per heavy atom. The van der Waals surface area contributed by atoms with Crippen molar-refractivity contribution < 1.29 is 4.74 Å². The summed E-state index contributed by atoms with van der Waals surface area (Å²) in [5.74, 6) is 0. The van der Waals surface area contributed by atoms with Crippen LogP contribution in [-0.4, -0.2) is 30.6 Å². The van der Waals surface area contributed by atoms with Crippen LogP contribution in [0, 0.1) is 5.21 Å². The van der Waals surface area contributed by atoms with Crippen molar-refractivity contribution in [3.8, 4) is 0 Å². The number of benzene rings is 1. The molecule has 0 aromatic heterocycles. The first-order valence-electron chi connectivity index (χ1n) is 5.40. The molecule has 0 unspecified atom stereocenters. The normalized spacial score (nSPS) is 12.7. The molecule has 0 aliphatic carbocycles. The summed E-state index contributed by atoms with van der Waals surface area (Å²) in [4.78, 5) is 2.00. The van der Waals surface area contributed by atoms with Gasteiger partial charge in [-0.05, 0) is 12.1 Å². The third kappa shape index (κ3) is 2.99. The lowest BCUT2D eigenvalue weighted by Crippen LogP contribution is -2.29. The fourth-order valence-electron chi connectivity index (χ4n) is 1.32. The highest BCUT2D eigenvalue weighted by Gasteiger charge is 2.18. The van der Waals surface area contributed by atoms with Gasteiger partial charge >= 0.3 is 0 Å². The third-order valence-electron chi connectivity index (χ3n) is 2.34. The summed E-state index contributed by atoms with van der Waals surface area (Å²) >= 11 is 0. The molecule has 0 bridgehead atoms. The molecule has 3 nitrogen and oxygen atoms in total. The molecule has 0 aliphatic heterocycles. The fourth-order valence-corrected chi connectivity index (χ4v) is 1.32. The maximum absolute atomic E-state index is 11.9. The Labute approximate surface area is 97.6 Å². The molecular formula is C13H20N2O. The molecule has 16 heavy (non-hydrogen) atoms. The van der Waals surface area contributed by atoms with E-state index in [1.165, 1.54) is 0 Å². The molecule has 0 atom stereocenters. The van der Waals surface area contributed by atoms with Crippen LogP contribution in [0.3, 0.4) is 0 Å². The Morgan fingerprint density at radius 2 is 1.75 bits per heavy atom. The van der Waals surface area contributed by atoms with Crippen LogP contribution < -0.4 is 4.90 Å². The van der Waals surface area contributed by atoms with Crippen LogP contribution in [0.25, 0.3) is 0 Å². The van der Waals surface area contributed by atoms with Crippen molar-refractivity contribution >= 4 is 11.9 Å². The molecule has 0 aliphatic rings. The molecule has 0 saturated carbocycles. The van der Waals surface area contributed by atoms with E-state index in [2.05, 4.69) is 0 Å². The van der Waals surface area contributed by atoms with Crippen LogP contribution in [0.1, 0.15) is 26.3 Å². The Kier molecular flexibility index (Phi) is 3.58. The van der Waals surface area contributed by atoms with E-state index in [0.717, 1.165) is 16.0 Å². The summed E-state index contributed by atoms with van der Waals surface area (Å²) < 4.78 is 0.995. The zero-order chi connectivity index (χ0) is 12.3. The first kappa shape index (κ1) is 12.6. The summed E-state index contributed by atoms with van der Waals surface area (Å²) in [6.45, 7) is 5.69. The van der Waals surface area contributed by atoms with Crippen molar-refractivity contribution in [3.63, 3.8) is 0 Å². The van der Waals surface area contributed by atoms with Crippen LogP contribution in [-0.2, 0) is 0 Å². The number of hydroxylamine groups is 1. The van der Waals surface area contributed by atoms with Gasteiger partial charge < -0.3 is 10.1 Å². The average molecular weight is 220 g/mol. The van der Waals surface area contributed by atoms with Gasteiger partial charge in [-0.2, -0.15) is 0 Å². The van der Waals surface area contributed by atoms with Crippen LogP contribution in [0.4, 0.5) is 5.69 Å². The van der Waals surface area contributed by atoms with Gasteiger partial charge in [0.25, 0.3) is 0 Å². The third-order valence-corrected chi connectivity index (χ3v) is 2.34. The second kappa shape index (κ2) is 4.56. The first-order chi connectivity index (χ1) is 7.32. The lowest BCUT2D eigenvalue weighted by atomic mass is 10.1. The minimum Gasteiger partial charge on any atom is -0.623 e. The predicted molar refractivity (Wildman–Crippen MR) is 69.3 cm³/mol. The van der Waals surface area contributed by atoms with Gasteiger partial charge in [0.1, 0.15) is 0 Å². The summed E-state index contributed by atoms with van der Waals surface area (Å²) in [6.07, 6.45) is 1.65. The molecule has 0 N–H and O–H groups in total. The lowest BCUT2D eigenvalue weighted by molar-refractivity contribution is -0.530. The number of hydrogen-bond acceptors (Lipinski definition) is 2. The largest absolute Gasteiger partial charge is 0.623 e. The predicted octanol–water partition coefficient (Wildman–Crippen LogP) is 2.48. The highest BCUT2D eigenvalue weighted by atomic mass is 16.5. The maximum atomic E-state index is 11.9. The van der Waals surface area contributed by atoms with Gasteiger partial charge in [0.15, 0.2) is 11.8 Å². The Balaban J connectivity index is 3.15. The van der Waals surface area contributed by atoms with E-state index in [-0.39, 0.29) is 0 Å². The van der Waals surface area contributed by atoms with E-state index in [1.807, 2.05) is 64.0 Å². The SMILES string of the molecule is CN(C)c1ccccc1C=[N+]([O-])C(C)(C)C. The first-order valence-corrected chi connectivity index (χ1v) is 5.40. The molecule has 88 valence electrons. The average Bonchev–Trinajstić information content (AvgIpc) is 2.16. The van der Waals surface area contributed by atoms with Gasteiger partial charge in [0, 0.05) is 40.6 Å². The van der Waals surface area contributed by atoms with E-state index in [0.29, 0.717) is 0 Å². The van der Waals surface area contributed by atoms with Gasteiger partial charge in [-0.25, -0.2) is 4.74 Å². The summed E-state index contributed by atoms with van der Waals surface area (Å²) in [7, 11) is 3.94. The van der Waals surface area contributed by atoms with Crippen LogP contribution >= 0.6 is 0 Å². The van der Waals surface area contributed by atoms with Crippen molar-refractivity contribution in [1.82, 2.24) is 0 Å². The maximum Gasteiger partial charge on any atom is 0.184 e. The Morgan fingerprint density at radius 1 is 1.19 bits per heavy atom. The van der Waals surface area contributed by atoms with Crippen molar-refractivity contribution in [2.24, 2.45) is 0 Å². The smallest absolute Gasteiger partial charge is 0.184 e. The number of rotatable bonds is 2. The number of anilines is 1. The van der Waals surface area contributed by atoms with Gasteiger partial charge in [-0.15, -0.1) is 0 Å². The van der Waals surface area contributed by atoms with Crippen LogP contribution in [0.2, 0.25) is 0 Å². The molecule has 0 radical (unpaired) electrons. The minimum atomic E-state index is -0.403. The second-order valence-electron chi connectivity index (χ2n) is 5.08. The standard InChI is InChI=1S/C13H20N2O/c1-13(2,3)15(16)10-11-8-6-7-9-12(11)14(4)5/h6-10H,1-5H3. The summed E-state index contributed by atoms with van der Waals surface area (Å²) in [6, 6.07) is 7.86. The molecule has 3 heteroatoms. The van der Waals surface area contributed by atoms with Gasteiger partial charge in [0.2, 0.25) is 0 Å².